The maximum Gasteiger partial charge on any atom is 0.221 e. The number of alkyl halides is 1. The molecule has 0 aliphatic heterocycles. The van der Waals surface area contributed by atoms with Crippen LogP contribution < -0.4 is 4.72 Å². The Morgan fingerprint density at radius 2 is 1.86 bits per heavy atom. The van der Waals surface area contributed by atoms with Crippen LogP contribution in [0.3, 0.4) is 0 Å². The molecule has 0 spiro atoms. The molecule has 0 bridgehead atoms. The summed E-state index contributed by atoms with van der Waals surface area (Å²) >= 11 is 2.91. The molecule has 0 aliphatic carbocycles. The van der Waals surface area contributed by atoms with E-state index in [4.69, 9.17) is 0 Å². The summed E-state index contributed by atoms with van der Waals surface area (Å²) in [6.07, 6.45) is 0. The van der Waals surface area contributed by atoms with Gasteiger partial charge in [-0.2, -0.15) is 0 Å². The molecule has 0 aromatic heterocycles. The summed E-state index contributed by atoms with van der Waals surface area (Å²) in [6, 6.07) is 7.73. The third-order valence-corrected chi connectivity index (χ3v) is 4.44. The van der Waals surface area contributed by atoms with Crippen molar-refractivity contribution >= 4 is 26.0 Å². The molecular formula is C9H12BrNO2S. The Morgan fingerprint density at radius 1 is 1.29 bits per heavy atom. The number of nitrogens with one attached hydrogen (secondary N) is 1. The van der Waals surface area contributed by atoms with Gasteiger partial charge in [0, 0.05) is 6.54 Å². The molecule has 1 N–H and O–H groups in total. The van der Waals surface area contributed by atoms with Crippen LogP contribution in [0.1, 0.15) is 11.1 Å². The van der Waals surface area contributed by atoms with Crippen molar-refractivity contribution in [1.82, 2.24) is 4.72 Å². The van der Waals surface area contributed by atoms with Gasteiger partial charge in [0.2, 0.25) is 10.0 Å². The van der Waals surface area contributed by atoms with Gasteiger partial charge < -0.3 is 0 Å². The highest BCUT2D eigenvalue weighted by atomic mass is 79.9. The Kier molecular flexibility index (Phi) is 4.10. The lowest BCUT2D eigenvalue weighted by Crippen LogP contribution is -2.23. The lowest BCUT2D eigenvalue weighted by molar-refractivity contribution is 0.586. The zero-order valence-corrected chi connectivity index (χ0v) is 10.2. The van der Waals surface area contributed by atoms with Gasteiger partial charge in [-0.15, -0.1) is 0 Å². The first-order valence-corrected chi connectivity index (χ1v) is 6.90. The molecule has 0 aliphatic rings. The smallest absolute Gasteiger partial charge is 0.212 e. The Morgan fingerprint density at radius 3 is 2.36 bits per heavy atom. The number of aryl methyl sites for hydroxylation is 1. The number of benzene rings is 1. The quantitative estimate of drug-likeness (QED) is 0.853. The van der Waals surface area contributed by atoms with Gasteiger partial charge in [0.15, 0.2) is 0 Å². The van der Waals surface area contributed by atoms with Gasteiger partial charge in [-0.25, -0.2) is 13.1 Å². The molecule has 3 nitrogen and oxygen atoms in total. The van der Waals surface area contributed by atoms with E-state index in [0.29, 0.717) is 6.54 Å². The van der Waals surface area contributed by atoms with E-state index in [9.17, 15) is 8.42 Å². The monoisotopic (exact) mass is 277 g/mol. The summed E-state index contributed by atoms with van der Waals surface area (Å²) in [4.78, 5) is 0. The first-order valence-electron chi connectivity index (χ1n) is 4.12. The van der Waals surface area contributed by atoms with E-state index in [1.54, 1.807) is 0 Å². The average Bonchev–Trinajstić information content (AvgIpc) is 2.17. The minimum absolute atomic E-state index is 0.0636. The molecule has 1 aromatic rings. The standard InChI is InChI=1S/C9H12BrNO2S/c1-8-2-4-9(5-3-8)6-11-14(12,13)7-10/h2-5,11H,6-7H2,1H3. The molecule has 0 atom stereocenters. The normalized spacial score (nSPS) is 11.6. The van der Waals surface area contributed by atoms with E-state index in [-0.39, 0.29) is 4.66 Å². The van der Waals surface area contributed by atoms with Crippen molar-refractivity contribution in [1.29, 1.82) is 0 Å². The van der Waals surface area contributed by atoms with Gasteiger partial charge in [-0.1, -0.05) is 45.8 Å². The van der Waals surface area contributed by atoms with Gasteiger partial charge in [-0.05, 0) is 12.5 Å². The van der Waals surface area contributed by atoms with Crippen molar-refractivity contribution in [2.75, 3.05) is 4.66 Å². The highest BCUT2D eigenvalue weighted by Gasteiger charge is 2.06. The molecule has 0 unspecified atom stereocenters. The second-order valence-electron chi connectivity index (χ2n) is 3.03. The molecule has 1 aromatic carbocycles. The third kappa shape index (κ3) is 3.77. The highest BCUT2D eigenvalue weighted by molar-refractivity contribution is 9.10. The van der Waals surface area contributed by atoms with Gasteiger partial charge in [0.1, 0.15) is 4.66 Å². The van der Waals surface area contributed by atoms with Crippen LogP contribution in [0.25, 0.3) is 0 Å². The SMILES string of the molecule is Cc1ccc(CNS(=O)(=O)CBr)cc1. The molecule has 5 heteroatoms. The number of rotatable bonds is 4. The van der Waals surface area contributed by atoms with Gasteiger partial charge in [0.05, 0.1) is 0 Å². The largest absolute Gasteiger partial charge is 0.221 e. The van der Waals surface area contributed by atoms with Crippen LogP contribution >= 0.6 is 15.9 Å². The van der Waals surface area contributed by atoms with E-state index in [2.05, 4.69) is 20.7 Å². The number of halogens is 1. The Bertz CT molecular complexity index is 386. The lowest BCUT2D eigenvalue weighted by Gasteiger charge is -2.03. The van der Waals surface area contributed by atoms with E-state index >= 15 is 0 Å². The predicted octanol–water partition coefficient (Wildman–Crippen LogP) is 1.77. The molecule has 14 heavy (non-hydrogen) atoms. The van der Waals surface area contributed by atoms with Crippen molar-refractivity contribution in [3.8, 4) is 0 Å². The summed E-state index contributed by atoms with van der Waals surface area (Å²) in [5, 5.41) is 0. The van der Waals surface area contributed by atoms with Crippen LogP contribution in [0, 0.1) is 6.92 Å². The summed E-state index contributed by atoms with van der Waals surface area (Å²) in [5.41, 5.74) is 2.12. The van der Waals surface area contributed by atoms with E-state index in [1.807, 2.05) is 31.2 Å². The van der Waals surface area contributed by atoms with Crippen molar-refractivity contribution in [2.24, 2.45) is 0 Å². The van der Waals surface area contributed by atoms with Crippen LogP contribution in [0.5, 0.6) is 0 Å². The van der Waals surface area contributed by atoms with E-state index in [0.717, 1.165) is 11.1 Å². The fraction of sp³-hybridized carbons (Fsp3) is 0.333. The molecule has 0 saturated heterocycles. The molecule has 0 saturated carbocycles. The number of hydrogen-bond donors (Lipinski definition) is 1. The van der Waals surface area contributed by atoms with Crippen molar-refractivity contribution < 1.29 is 8.42 Å². The molecule has 0 amide bonds. The molecular weight excluding hydrogens is 266 g/mol. The third-order valence-electron chi connectivity index (χ3n) is 1.76. The minimum atomic E-state index is -3.16. The summed E-state index contributed by atoms with van der Waals surface area (Å²) in [5.74, 6) is 0. The Hall–Kier alpha value is -0.390. The number of hydrogen-bond acceptors (Lipinski definition) is 2. The maximum atomic E-state index is 11.1. The van der Waals surface area contributed by atoms with Crippen LogP contribution in [-0.4, -0.2) is 13.1 Å². The summed E-state index contributed by atoms with van der Waals surface area (Å²) < 4.78 is 24.6. The second kappa shape index (κ2) is 4.91. The van der Waals surface area contributed by atoms with Crippen LogP contribution in [-0.2, 0) is 16.6 Å². The van der Waals surface area contributed by atoms with Gasteiger partial charge in [0.25, 0.3) is 0 Å². The van der Waals surface area contributed by atoms with Gasteiger partial charge in [-0.3, -0.25) is 0 Å². The van der Waals surface area contributed by atoms with Crippen molar-refractivity contribution in [3.05, 3.63) is 35.4 Å². The maximum absolute atomic E-state index is 11.1. The Labute approximate surface area is 92.7 Å². The number of sulfonamides is 1. The molecule has 78 valence electrons. The minimum Gasteiger partial charge on any atom is -0.212 e. The fourth-order valence-corrected chi connectivity index (χ4v) is 1.89. The average molecular weight is 278 g/mol. The molecule has 0 heterocycles. The zero-order chi connectivity index (χ0) is 10.6. The first-order chi connectivity index (χ1) is 6.53. The predicted molar refractivity (Wildman–Crippen MR) is 60.7 cm³/mol. The van der Waals surface area contributed by atoms with E-state index < -0.39 is 10.0 Å². The zero-order valence-electron chi connectivity index (χ0n) is 7.83. The lowest BCUT2D eigenvalue weighted by atomic mass is 10.2. The molecule has 1 rings (SSSR count). The first kappa shape index (κ1) is 11.7. The van der Waals surface area contributed by atoms with Crippen molar-refractivity contribution in [2.45, 2.75) is 13.5 Å². The topological polar surface area (TPSA) is 46.2 Å². The van der Waals surface area contributed by atoms with Crippen molar-refractivity contribution in [3.63, 3.8) is 0 Å². The second-order valence-corrected chi connectivity index (χ2v) is 6.14. The molecule has 0 fully saturated rings. The Balaban J connectivity index is 2.59. The van der Waals surface area contributed by atoms with E-state index in [1.165, 1.54) is 0 Å². The highest BCUT2D eigenvalue weighted by Crippen LogP contribution is 2.03. The summed E-state index contributed by atoms with van der Waals surface area (Å²) in [6.45, 7) is 2.33. The van der Waals surface area contributed by atoms with Crippen LogP contribution in [0.2, 0.25) is 0 Å². The molecule has 0 radical (unpaired) electrons. The summed E-state index contributed by atoms with van der Waals surface area (Å²) in [7, 11) is -3.16. The fourth-order valence-electron chi connectivity index (χ4n) is 0.938. The van der Waals surface area contributed by atoms with Crippen LogP contribution in [0.4, 0.5) is 0 Å². The van der Waals surface area contributed by atoms with Gasteiger partial charge >= 0.3 is 0 Å². The van der Waals surface area contributed by atoms with Crippen LogP contribution in [0.15, 0.2) is 24.3 Å².